The molecule has 4 atom stereocenters. The molecule has 0 saturated carbocycles. The first-order chi connectivity index (χ1) is 15.5. The fourth-order valence-electron chi connectivity index (χ4n) is 4.83. The van der Waals surface area contributed by atoms with E-state index in [1.54, 1.807) is 0 Å². The maximum absolute atomic E-state index is 11.0. The van der Waals surface area contributed by atoms with Crippen molar-refractivity contribution in [2.24, 2.45) is 11.3 Å². The highest BCUT2D eigenvalue weighted by Gasteiger charge is 2.39. The zero-order valence-corrected chi connectivity index (χ0v) is 21.2. The molecule has 33 heavy (non-hydrogen) atoms. The average molecular weight is 483 g/mol. The molecule has 0 bridgehead atoms. The first-order valence-corrected chi connectivity index (χ1v) is 12.1. The Morgan fingerprint density at radius 2 is 1.67 bits per heavy atom. The lowest BCUT2D eigenvalue weighted by atomic mass is 9.66. The van der Waals surface area contributed by atoms with Crippen LogP contribution in [0.2, 0.25) is 10.0 Å². The second kappa shape index (κ2) is 10.5. The summed E-state index contributed by atoms with van der Waals surface area (Å²) < 4.78 is 0. The monoisotopic (exact) mass is 482 g/mol. The van der Waals surface area contributed by atoms with E-state index in [1.165, 1.54) is 5.56 Å². The van der Waals surface area contributed by atoms with Gasteiger partial charge in [-0.1, -0.05) is 66.5 Å². The molecule has 0 amide bonds. The summed E-state index contributed by atoms with van der Waals surface area (Å²) in [5.74, 6) is 0.157. The van der Waals surface area contributed by atoms with E-state index in [4.69, 9.17) is 23.2 Å². The van der Waals surface area contributed by atoms with Crippen molar-refractivity contribution in [3.8, 4) is 6.07 Å². The first kappa shape index (κ1) is 25.5. The number of hydrogen-bond donors (Lipinski definition) is 2. The summed E-state index contributed by atoms with van der Waals surface area (Å²) in [5.41, 5.74) is 1.64. The van der Waals surface area contributed by atoms with Crippen LogP contribution >= 0.6 is 23.2 Å². The van der Waals surface area contributed by atoms with E-state index >= 15 is 0 Å². The van der Waals surface area contributed by atoms with Crippen molar-refractivity contribution in [1.82, 2.24) is 5.32 Å². The Morgan fingerprint density at radius 3 is 2.21 bits per heavy atom. The quantitative estimate of drug-likeness (QED) is 0.423. The largest absolute Gasteiger partial charge is 0.388 e. The molecule has 2 aromatic carbocycles. The van der Waals surface area contributed by atoms with Crippen LogP contribution in [0, 0.1) is 22.7 Å². The summed E-state index contributed by atoms with van der Waals surface area (Å²) in [6.07, 6.45) is 7.74. The molecular weight excluding hydrogens is 451 g/mol. The summed E-state index contributed by atoms with van der Waals surface area (Å²) in [4.78, 5) is 0. The van der Waals surface area contributed by atoms with Gasteiger partial charge in [0.25, 0.3) is 0 Å². The fourth-order valence-corrected chi connectivity index (χ4v) is 5.08. The van der Waals surface area contributed by atoms with Gasteiger partial charge >= 0.3 is 0 Å². The maximum atomic E-state index is 11.0. The molecule has 0 fully saturated rings. The van der Waals surface area contributed by atoms with Crippen LogP contribution in [0.4, 0.5) is 0 Å². The summed E-state index contributed by atoms with van der Waals surface area (Å²) >= 11 is 12.2. The normalized spacial score (nSPS) is 21.1. The van der Waals surface area contributed by atoms with Gasteiger partial charge in [-0.05, 0) is 86.4 Å². The Balaban J connectivity index is 1.96. The molecule has 2 unspecified atom stereocenters. The van der Waals surface area contributed by atoms with Crippen LogP contribution < -0.4 is 5.32 Å². The van der Waals surface area contributed by atoms with Gasteiger partial charge in [-0.2, -0.15) is 5.26 Å². The highest BCUT2D eigenvalue weighted by atomic mass is 35.5. The molecule has 3 nitrogen and oxygen atoms in total. The van der Waals surface area contributed by atoms with Gasteiger partial charge in [0, 0.05) is 21.7 Å². The smallest absolute Gasteiger partial charge is 0.0988 e. The molecule has 3 rings (SSSR count). The SMILES string of the molecule is C[C@H](NC(c1ccc(Cl)cc1)C(C)(C)O)[C@@H](Cc1ccc(Cl)cc1)C1(C)C=C(C#N)C=CC1. The maximum Gasteiger partial charge on any atom is 0.0988 e. The summed E-state index contributed by atoms with van der Waals surface area (Å²) in [7, 11) is 0. The van der Waals surface area contributed by atoms with E-state index in [1.807, 2.05) is 56.3 Å². The van der Waals surface area contributed by atoms with Crippen LogP contribution in [0.1, 0.15) is 51.3 Å². The lowest BCUT2D eigenvalue weighted by Crippen LogP contribution is -2.49. The third-order valence-corrected chi connectivity index (χ3v) is 7.13. The average Bonchev–Trinajstić information content (AvgIpc) is 2.76. The van der Waals surface area contributed by atoms with Gasteiger partial charge in [-0.25, -0.2) is 0 Å². The molecule has 0 spiro atoms. The van der Waals surface area contributed by atoms with Crippen LogP contribution in [0.15, 0.2) is 72.3 Å². The molecule has 2 N–H and O–H groups in total. The summed E-state index contributed by atoms with van der Waals surface area (Å²) in [6.45, 7) is 8.02. The molecular formula is C28H32Cl2N2O. The minimum Gasteiger partial charge on any atom is -0.388 e. The molecule has 0 saturated heterocycles. The van der Waals surface area contributed by atoms with Crippen LogP contribution in [0.5, 0.6) is 0 Å². The third-order valence-electron chi connectivity index (χ3n) is 6.63. The molecule has 0 aromatic heterocycles. The number of nitrogens with zero attached hydrogens (tertiary/aromatic N) is 1. The summed E-state index contributed by atoms with van der Waals surface area (Å²) in [6, 6.07) is 17.6. The van der Waals surface area contributed by atoms with Gasteiger partial charge < -0.3 is 10.4 Å². The van der Waals surface area contributed by atoms with Crippen molar-refractivity contribution in [2.45, 2.75) is 58.2 Å². The van der Waals surface area contributed by atoms with Crippen LogP contribution in [0.3, 0.4) is 0 Å². The number of allylic oxidation sites excluding steroid dienone is 4. The van der Waals surface area contributed by atoms with Gasteiger partial charge in [-0.15, -0.1) is 0 Å². The Bertz CT molecular complexity index is 1050. The molecule has 174 valence electrons. The van der Waals surface area contributed by atoms with Gasteiger partial charge in [0.2, 0.25) is 0 Å². The van der Waals surface area contributed by atoms with Crippen molar-refractivity contribution in [2.75, 3.05) is 0 Å². The first-order valence-electron chi connectivity index (χ1n) is 11.3. The molecule has 0 aliphatic heterocycles. The number of nitriles is 1. The zero-order valence-electron chi connectivity index (χ0n) is 19.6. The zero-order chi connectivity index (χ0) is 24.2. The number of benzene rings is 2. The van der Waals surface area contributed by atoms with Gasteiger partial charge in [0.05, 0.1) is 17.7 Å². The van der Waals surface area contributed by atoms with E-state index in [9.17, 15) is 10.4 Å². The van der Waals surface area contributed by atoms with E-state index < -0.39 is 5.60 Å². The van der Waals surface area contributed by atoms with Gasteiger partial charge in [0.15, 0.2) is 0 Å². The number of nitrogens with one attached hydrogen (secondary N) is 1. The van der Waals surface area contributed by atoms with Crippen LogP contribution in [0.25, 0.3) is 0 Å². The molecule has 5 heteroatoms. The Morgan fingerprint density at radius 1 is 1.09 bits per heavy atom. The summed E-state index contributed by atoms with van der Waals surface area (Å²) in [5, 5.41) is 25.7. The van der Waals surface area contributed by atoms with E-state index in [0.717, 1.165) is 18.4 Å². The van der Waals surface area contributed by atoms with Crippen LogP contribution in [-0.2, 0) is 6.42 Å². The van der Waals surface area contributed by atoms with E-state index in [2.05, 4.69) is 49.5 Å². The molecule has 2 aromatic rings. The lowest BCUT2D eigenvalue weighted by molar-refractivity contribution is 0.0253. The number of halogens is 2. The second-order valence-electron chi connectivity index (χ2n) is 9.85. The second-order valence-corrected chi connectivity index (χ2v) is 10.7. The van der Waals surface area contributed by atoms with Gasteiger partial charge in [-0.3, -0.25) is 0 Å². The van der Waals surface area contributed by atoms with Crippen molar-refractivity contribution in [3.05, 3.63) is 93.5 Å². The number of aliphatic hydroxyl groups is 1. The Labute approximate surface area is 207 Å². The van der Waals surface area contributed by atoms with Gasteiger partial charge in [0.1, 0.15) is 0 Å². The number of hydrogen-bond acceptors (Lipinski definition) is 3. The van der Waals surface area contributed by atoms with Crippen molar-refractivity contribution in [3.63, 3.8) is 0 Å². The molecule has 0 radical (unpaired) electrons. The lowest BCUT2D eigenvalue weighted by Gasteiger charge is -2.43. The van der Waals surface area contributed by atoms with E-state index in [0.29, 0.717) is 15.6 Å². The number of rotatable bonds is 8. The standard InChI is InChI=1S/C28H32Cl2N2O/c1-19(32-26(27(2,3)33)22-9-13-24(30)14-10-22)25(16-20-7-11-23(29)12-8-20)28(4)15-5-6-21(17-28)18-31/h5-14,17,19,25-26,32-33H,15-16H2,1-4H3/t19-,25+,26?,28?/m0/s1. The highest BCUT2D eigenvalue weighted by Crippen LogP contribution is 2.42. The van der Waals surface area contributed by atoms with Crippen molar-refractivity contribution < 1.29 is 5.11 Å². The molecule has 1 aliphatic carbocycles. The van der Waals surface area contributed by atoms with Crippen molar-refractivity contribution >= 4 is 23.2 Å². The van der Waals surface area contributed by atoms with Crippen LogP contribution in [-0.4, -0.2) is 16.7 Å². The minimum atomic E-state index is -0.992. The Kier molecular flexibility index (Phi) is 8.08. The molecule has 0 heterocycles. The highest BCUT2D eigenvalue weighted by molar-refractivity contribution is 6.30. The predicted octanol–water partition coefficient (Wildman–Crippen LogP) is 7.06. The third kappa shape index (κ3) is 6.49. The van der Waals surface area contributed by atoms with E-state index in [-0.39, 0.29) is 23.4 Å². The Hall–Kier alpha value is -2.09. The van der Waals surface area contributed by atoms with Crippen molar-refractivity contribution in [1.29, 1.82) is 5.26 Å². The predicted molar refractivity (Wildman–Crippen MR) is 137 cm³/mol. The minimum absolute atomic E-state index is 0.0282. The fraction of sp³-hybridized carbons (Fsp3) is 0.393. The topological polar surface area (TPSA) is 56.0 Å². The molecule has 1 aliphatic rings.